The SMILES string of the molecule is Cc1nn(CC(C)C)c(Cl)c1C1CCCN1c1ncnc(Cl)c1F. The molecule has 0 saturated carbocycles. The van der Waals surface area contributed by atoms with Crippen molar-refractivity contribution in [3.63, 3.8) is 0 Å². The molecule has 1 aliphatic rings. The van der Waals surface area contributed by atoms with Gasteiger partial charge in [-0.15, -0.1) is 0 Å². The van der Waals surface area contributed by atoms with E-state index in [-0.39, 0.29) is 17.0 Å². The maximum absolute atomic E-state index is 14.4. The lowest BCUT2D eigenvalue weighted by atomic mass is 10.1. The summed E-state index contributed by atoms with van der Waals surface area (Å²) in [5, 5.41) is 5.03. The molecule has 2 aromatic heterocycles. The fraction of sp³-hybridized carbons (Fsp3) is 0.562. The summed E-state index contributed by atoms with van der Waals surface area (Å²) in [6.07, 6.45) is 3.08. The highest BCUT2D eigenvalue weighted by atomic mass is 35.5. The van der Waals surface area contributed by atoms with Gasteiger partial charge in [0.15, 0.2) is 11.0 Å². The normalized spacial score (nSPS) is 18.0. The molecule has 8 heteroatoms. The smallest absolute Gasteiger partial charge is 0.202 e. The third-order valence-corrected chi connectivity index (χ3v) is 4.90. The summed E-state index contributed by atoms with van der Waals surface area (Å²) in [5.41, 5.74) is 1.82. The van der Waals surface area contributed by atoms with E-state index in [1.807, 2.05) is 16.5 Å². The summed E-state index contributed by atoms with van der Waals surface area (Å²) in [4.78, 5) is 9.70. The molecule has 5 nitrogen and oxygen atoms in total. The summed E-state index contributed by atoms with van der Waals surface area (Å²) in [5.74, 6) is 0.0754. The molecule has 1 aliphatic heterocycles. The molecule has 0 aromatic carbocycles. The number of anilines is 1. The van der Waals surface area contributed by atoms with E-state index < -0.39 is 5.82 Å². The van der Waals surface area contributed by atoms with Crippen LogP contribution in [0.4, 0.5) is 10.2 Å². The Kier molecular flexibility index (Phi) is 4.97. The van der Waals surface area contributed by atoms with Crippen LogP contribution in [0.1, 0.15) is 44.0 Å². The first-order valence-electron chi connectivity index (χ1n) is 8.05. The molecule has 0 spiro atoms. The van der Waals surface area contributed by atoms with Gasteiger partial charge in [-0.05, 0) is 25.7 Å². The maximum Gasteiger partial charge on any atom is 0.202 e. The molecular formula is C16H20Cl2FN5. The number of hydrogen-bond acceptors (Lipinski definition) is 4. The third-order valence-electron chi connectivity index (χ3n) is 4.23. The van der Waals surface area contributed by atoms with Gasteiger partial charge in [0.2, 0.25) is 5.82 Å². The predicted molar refractivity (Wildman–Crippen MR) is 93.1 cm³/mol. The Labute approximate surface area is 150 Å². The van der Waals surface area contributed by atoms with Crippen LogP contribution in [0.2, 0.25) is 10.3 Å². The molecule has 1 saturated heterocycles. The van der Waals surface area contributed by atoms with Crippen LogP contribution in [0.15, 0.2) is 6.33 Å². The fourth-order valence-electron chi connectivity index (χ4n) is 3.27. The molecule has 130 valence electrons. The highest BCUT2D eigenvalue weighted by molar-refractivity contribution is 6.30. The average molecular weight is 372 g/mol. The van der Waals surface area contributed by atoms with Gasteiger partial charge in [0.25, 0.3) is 0 Å². The van der Waals surface area contributed by atoms with Crippen molar-refractivity contribution in [3.8, 4) is 0 Å². The number of aromatic nitrogens is 4. The van der Waals surface area contributed by atoms with Gasteiger partial charge in [-0.25, -0.2) is 9.97 Å². The lowest BCUT2D eigenvalue weighted by molar-refractivity contribution is 0.481. The highest BCUT2D eigenvalue weighted by Gasteiger charge is 2.34. The topological polar surface area (TPSA) is 46.8 Å². The highest BCUT2D eigenvalue weighted by Crippen LogP contribution is 2.41. The Bertz CT molecular complexity index is 746. The first-order chi connectivity index (χ1) is 11.4. The summed E-state index contributed by atoms with van der Waals surface area (Å²) < 4.78 is 16.2. The van der Waals surface area contributed by atoms with Crippen LogP contribution in [0, 0.1) is 18.7 Å². The molecule has 0 amide bonds. The van der Waals surface area contributed by atoms with Crippen molar-refractivity contribution in [2.75, 3.05) is 11.4 Å². The van der Waals surface area contributed by atoms with Gasteiger partial charge in [0.1, 0.15) is 11.5 Å². The van der Waals surface area contributed by atoms with Gasteiger partial charge in [-0.3, -0.25) is 4.68 Å². The Hall–Kier alpha value is -1.40. The summed E-state index contributed by atoms with van der Waals surface area (Å²) in [6.45, 7) is 7.62. The van der Waals surface area contributed by atoms with Crippen molar-refractivity contribution < 1.29 is 4.39 Å². The van der Waals surface area contributed by atoms with Crippen LogP contribution in [0.25, 0.3) is 0 Å². The van der Waals surface area contributed by atoms with Gasteiger partial charge in [0.05, 0.1) is 11.7 Å². The lowest BCUT2D eigenvalue weighted by Gasteiger charge is -2.26. The quantitative estimate of drug-likeness (QED) is 0.746. The van der Waals surface area contributed by atoms with E-state index in [0.29, 0.717) is 17.6 Å². The monoisotopic (exact) mass is 371 g/mol. The van der Waals surface area contributed by atoms with E-state index in [2.05, 4.69) is 28.9 Å². The molecule has 3 heterocycles. The Morgan fingerprint density at radius 1 is 1.33 bits per heavy atom. The van der Waals surface area contributed by atoms with Crippen LogP contribution in [0.5, 0.6) is 0 Å². The van der Waals surface area contributed by atoms with Gasteiger partial charge in [0, 0.05) is 18.7 Å². The Morgan fingerprint density at radius 2 is 2.08 bits per heavy atom. The number of halogens is 3. The van der Waals surface area contributed by atoms with Crippen molar-refractivity contribution >= 4 is 29.0 Å². The van der Waals surface area contributed by atoms with Crippen LogP contribution in [-0.2, 0) is 6.54 Å². The standard InChI is InChI=1S/C16H20Cl2FN5/c1-9(2)7-24-15(18)12(10(3)22-24)11-5-4-6-23(11)16-13(19)14(17)20-8-21-16/h8-9,11H,4-7H2,1-3H3. The molecule has 1 unspecified atom stereocenters. The lowest BCUT2D eigenvalue weighted by Crippen LogP contribution is -2.25. The van der Waals surface area contributed by atoms with Gasteiger partial charge in [-0.1, -0.05) is 37.0 Å². The van der Waals surface area contributed by atoms with Crippen molar-refractivity contribution in [2.24, 2.45) is 5.92 Å². The summed E-state index contributed by atoms with van der Waals surface area (Å²) >= 11 is 12.4. The zero-order chi connectivity index (χ0) is 17.4. The zero-order valence-corrected chi connectivity index (χ0v) is 15.4. The van der Waals surface area contributed by atoms with Gasteiger partial charge < -0.3 is 4.90 Å². The van der Waals surface area contributed by atoms with Crippen LogP contribution in [0.3, 0.4) is 0 Å². The third kappa shape index (κ3) is 3.09. The minimum atomic E-state index is -0.589. The van der Waals surface area contributed by atoms with E-state index in [1.54, 1.807) is 0 Å². The second kappa shape index (κ2) is 6.84. The van der Waals surface area contributed by atoms with Crippen molar-refractivity contribution in [1.82, 2.24) is 19.7 Å². The minimum absolute atomic E-state index is 0.0566. The molecule has 3 rings (SSSR count). The number of aryl methyl sites for hydroxylation is 1. The Balaban J connectivity index is 2.00. The molecule has 2 aromatic rings. The Morgan fingerprint density at radius 3 is 2.79 bits per heavy atom. The summed E-state index contributed by atoms with van der Waals surface area (Å²) in [7, 11) is 0. The van der Waals surface area contributed by atoms with Crippen LogP contribution < -0.4 is 4.90 Å². The second-order valence-corrected chi connectivity index (χ2v) is 7.24. The molecule has 0 aliphatic carbocycles. The van der Waals surface area contributed by atoms with Crippen molar-refractivity contribution in [1.29, 1.82) is 0 Å². The predicted octanol–water partition coefficient (Wildman–Crippen LogP) is 4.42. The minimum Gasteiger partial charge on any atom is -0.347 e. The number of hydrogen-bond donors (Lipinski definition) is 0. The zero-order valence-electron chi connectivity index (χ0n) is 13.9. The molecule has 0 bridgehead atoms. The van der Waals surface area contributed by atoms with E-state index in [9.17, 15) is 4.39 Å². The first-order valence-corrected chi connectivity index (χ1v) is 8.81. The first kappa shape index (κ1) is 17.4. The van der Waals surface area contributed by atoms with E-state index in [0.717, 1.165) is 30.6 Å². The van der Waals surface area contributed by atoms with Gasteiger partial charge >= 0.3 is 0 Å². The molecule has 1 fully saturated rings. The molecule has 0 N–H and O–H groups in total. The summed E-state index contributed by atoms with van der Waals surface area (Å²) in [6, 6.07) is -0.0566. The van der Waals surface area contributed by atoms with Crippen LogP contribution >= 0.6 is 23.2 Å². The fourth-order valence-corrected chi connectivity index (χ4v) is 3.77. The largest absolute Gasteiger partial charge is 0.347 e. The number of rotatable bonds is 4. The second-order valence-electron chi connectivity index (χ2n) is 6.52. The van der Waals surface area contributed by atoms with E-state index in [1.165, 1.54) is 6.33 Å². The van der Waals surface area contributed by atoms with Crippen molar-refractivity contribution in [3.05, 3.63) is 33.7 Å². The molecule has 1 atom stereocenters. The van der Waals surface area contributed by atoms with Crippen molar-refractivity contribution in [2.45, 2.75) is 46.2 Å². The molecule has 24 heavy (non-hydrogen) atoms. The number of nitrogens with zero attached hydrogens (tertiary/aromatic N) is 5. The molecule has 0 radical (unpaired) electrons. The molecular weight excluding hydrogens is 352 g/mol. The van der Waals surface area contributed by atoms with E-state index >= 15 is 0 Å². The van der Waals surface area contributed by atoms with Gasteiger partial charge in [-0.2, -0.15) is 9.49 Å². The van der Waals surface area contributed by atoms with E-state index in [4.69, 9.17) is 23.2 Å². The van der Waals surface area contributed by atoms with Crippen LogP contribution in [-0.4, -0.2) is 26.3 Å². The average Bonchev–Trinajstić information content (AvgIpc) is 3.07. The maximum atomic E-state index is 14.4.